The minimum absolute atomic E-state index is 0.0860. The fourth-order valence-corrected chi connectivity index (χ4v) is 6.36. The Balaban J connectivity index is 1.43. The second kappa shape index (κ2) is 9.44. The minimum atomic E-state index is -1.00. The van der Waals surface area contributed by atoms with Crippen LogP contribution in [0.4, 0.5) is 4.79 Å². The molecule has 0 radical (unpaired) electrons. The molecular weight excluding hydrogens is 454 g/mol. The zero-order valence-electron chi connectivity index (χ0n) is 19.9. The first kappa shape index (κ1) is 24.3. The molecule has 0 saturated carbocycles. The number of carbonyl (C=O) groups is 3. The third-order valence-electron chi connectivity index (χ3n) is 7.41. The standard InChI is InChI=1S/C25H31N3O5S/c1-25(2)23(31)28(24(32)27(25)3)12-6-7-16(22(29)30)13-19(26-33)15-10-11-18-17-8-4-5-9-20(17)34-21(18)14-15/h10-11,14,16,19H,4-9,12-13H2,1-3H3,(H,29,30). The van der Waals surface area contributed by atoms with Crippen LogP contribution in [0, 0.1) is 10.8 Å². The SMILES string of the molecule is CN1C(=O)N(CCCC(CC(N=O)c2ccc3c4c(sc3c2)CCCC4)C(=O)O)C(=O)C1(C)C. The Morgan fingerprint density at radius 2 is 1.97 bits per heavy atom. The molecule has 0 spiro atoms. The summed E-state index contributed by atoms with van der Waals surface area (Å²) in [5.74, 6) is -2.09. The van der Waals surface area contributed by atoms with Crippen molar-refractivity contribution in [2.45, 2.75) is 70.4 Å². The van der Waals surface area contributed by atoms with E-state index in [0.29, 0.717) is 6.42 Å². The van der Waals surface area contributed by atoms with Gasteiger partial charge >= 0.3 is 12.0 Å². The number of hydrogen-bond donors (Lipinski definition) is 1. The van der Waals surface area contributed by atoms with Gasteiger partial charge in [0.15, 0.2) is 0 Å². The van der Waals surface area contributed by atoms with Crippen LogP contribution in [-0.4, -0.2) is 51.9 Å². The van der Waals surface area contributed by atoms with Crippen molar-refractivity contribution < 1.29 is 19.5 Å². The van der Waals surface area contributed by atoms with Crippen molar-refractivity contribution in [1.29, 1.82) is 0 Å². The third-order valence-corrected chi connectivity index (χ3v) is 8.66. The summed E-state index contributed by atoms with van der Waals surface area (Å²) in [6, 6.07) is 4.80. The van der Waals surface area contributed by atoms with E-state index in [0.717, 1.165) is 23.1 Å². The Morgan fingerprint density at radius 3 is 2.62 bits per heavy atom. The number of imide groups is 1. The molecule has 1 aromatic heterocycles. The average molecular weight is 486 g/mol. The van der Waals surface area contributed by atoms with Gasteiger partial charge in [0.2, 0.25) is 0 Å². The molecular formula is C25H31N3O5S. The molecule has 0 bridgehead atoms. The summed E-state index contributed by atoms with van der Waals surface area (Å²) < 4.78 is 1.13. The molecule has 2 unspecified atom stereocenters. The first-order chi connectivity index (χ1) is 16.1. The monoisotopic (exact) mass is 485 g/mol. The predicted octanol–water partition coefficient (Wildman–Crippen LogP) is 5.13. The van der Waals surface area contributed by atoms with Crippen LogP contribution in [0.15, 0.2) is 23.4 Å². The van der Waals surface area contributed by atoms with E-state index in [2.05, 4.69) is 5.18 Å². The number of amides is 3. The summed E-state index contributed by atoms with van der Waals surface area (Å²) in [6.45, 7) is 3.53. The lowest BCUT2D eigenvalue weighted by Gasteiger charge is -2.22. The first-order valence-corrected chi connectivity index (χ1v) is 12.7. The normalized spacial score (nSPS) is 19.4. The van der Waals surface area contributed by atoms with Gasteiger partial charge in [-0.15, -0.1) is 11.3 Å². The smallest absolute Gasteiger partial charge is 0.327 e. The lowest BCUT2D eigenvalue weighted by molar-refractivity contribution is -0.142. The number of hydrogen-bond acceptors (Lipinski definition) is 6. The molecule has 1 N–H and O–H groups in total. The highest BCUT2D eigenvalue weighted by molar-refractivity contribution is 7.19. The fraction of sp³-hybridized carbons (Fsp3) is 0.560. The van der Waals surface area contributed by atoms with Gasteiger partial charge in [-0.3, -0.25) is 14.5 Å². The van der Waals surface area contributed by atoms with Crippen LogP contribution in [0.3, 0.4) is 0 Å². The second-order valence-corrected chi connectivity index (χ2v) is 11.0. The van der Waals surface area contributed by atoms with E-state index >= 15 is 0 Å². The lowest BCUT2D eigenvalue weighted by Crippen LogP contribution is -2.41. The van der Waals surface area contributed by atoms with Crippen LogP contribution < -0.4 is 0 Å². The molecule has 34 heavy (non-hydrogen) atoms. The maximum absolute atomic E-state index is 12.5. The molecule has 1 saturated heterocycles. The van der Waals surface area contributed by atoms with Crippen molar-refractivity contribution in [2.75, 3.05) is 13.6 Å². The van der Waals surface area contributed by atoms with Crippen LogP contribution >= 0.6 is 11.3 Å². The molecule has 182 valence electrons. The molecule has 1 fully saturated rings. The Bertz CT molecular complexity index is 1140. The number of likely N-dealkylation sites (N-methyl/N-ethyl adjacent to an activating group) is 1. The van der Waals surface area contributed by atoms with Gasteiger partial charge in [-0.2, -0.15) is 4.91 Å². The number of fused-ring (bicyclic) bond motifs is 3. The number of benzene rings is 1. The second-order valence-electron chi connectivity index (χ2n) is 9.86. The zero-order valence-corrected chi connectivity index (χ0v) is 20.7. The molecule has 2 aromatic rings. The number of thiophene rings is 1. The molecule has 4 rings (SSSR count). The van der Waals surface area contributed by atoms with E-state index in [9.17, 15) is 24.4 Å². The summed E-state index contributed by atoms with van der Waals surface area (Å²) in [4.78, 5) is 52.6. The van der Waals surface area contributed by atoms with Crippen molar-refractivity contribution in [2.24, 2.45) is 11.1 Å². The summed E-state index contributed by atoms with van der Waals surface area (Å²) in [7, 11) is 1.58. The topological polar surface area (TPSA) is 107 Å². The molecule has 2 aliphatic rings. The number of carboxylic acids is 1. The molecule has 2 heterocycles. The molecule has 1 aliphatic heterocycles. The van der Waals surface area contributed by atoms with Crippen LogP contribution in [-0.2, 0) is 22.4 Å². The van der Waals surface area contributed by atoms with Crippen molar-refractivity contribution in [3.63, 3.8) is 0 Å². The van der Waals surface area contributed by atoms with Crippen molar-refractivity contribution in [3.8, 4) is 0 Å². The highest BCUT2D eigenvalue weighted by Crippen LogP contribution is 2.39. The van der Waals surface area contributed by atoms with Crippen molar-refractivity contribution >= 4 is 39.3 Å². The van der Waals surface area contributed by atoms with Crippen molar-refractivity contribution in [3.05, 3.63) is 39.1 Å². The third kappa shape index (κ3) is 4.33. The number of urea groups is 1. The number of aryl methyl sites for hydroxylation is 2. The molecule has 1 aromatic carbocycles. The van der Waals surface area contributed by atoms with Crippen LogP contribution in [0.25, 0.3) is 10.1 Å². The molecule has 3 amide bonds. The lowest BCUT2D eigenvalue weighted by atomic mass is 9.90. The number of nitrogens with zero attached hydrogens (tertiary/aromatic N) is 3. The highest BCUT2D eigenvalue weighted by Gasteiger charge is 2.48. The van der Waals surface area contributed by atoms with Crippen molar-refractivity contribution in [1.82, 2.24) is 9.80 Å². The van der Waals surface area contributed by atoms with E-state index in [1.54, 1.807) is 32.2 Å². The number of carbonyl (C=O) groups excluding carboxylic acids is 2. The maximum atomic E-state index is 12.5. The predicted molar refractivity (Wildman–Crippen MR) is 131 cm³/mol. The van der Waals surface area contributed by atoms with Gasteiger partial charge < -0.3 is 10.0 Å². The molecule has 2 atom stereocenters. The van der Waals surface area contributed by atoms with E-state index in [1.165, 1.54) is 38.5 Å². The number of carboxylic acid groups (broad SMARTS) is 1. The van der Waals surface area contributed by atoms with E-state index in [-0.39, 0.29) is 31.3 Å². The van der Waals surface area contributed by atoms with Crippen LogP contribution in [0.5, 0.6) is 0 Å². The van der Waals surface area contributed by atoms with Gasteiger partial charge in [-0.05, 0) is 81.4 Å². The number of nitroso groups, excluding NO2 is 1. The van der Waals surface area contributed by atoms with Gasteiger partial charge in [0.05, 0.1) is 5.92 Å². The Hall–Kier alpha value is -2.81. The first-order valence-electron chi connectivity index (χ1n) is 11.8. The number of aliphatic carboxylic acids is 1. The molecule has 8 nitrogen and oxygen atoms in total. The highest BCUT2D eigenvalue weighted by atomic mass is 32.1. The average Bonchev–Trinajstić information content (AvgIpc) is 3.25. The summed E-state index contributed by atoms with van der Waals surface area (Å²) in [6.07, 6.45) is 5.26. The van der Waals surface area contributed by atoms with Gasteiger partial charge in [0.1, 0.15) is 11.6 Å². The van der Waals surface area contributed by atoms with E-state index in [1.807, 2.05) is 18.2 Å². The summed E-state index contributed by atoms with van der Waals surface area (Å²) in [5.41, 5.74) is 1.24. The van der Waals surface area contributed by atoms with Gasteiger partial charge in [0, 0.05) is 23.2 Å². The molecule has 9 heteroatoms. The summed E-state index contributed by atoms with van der Waals surface area (Å²) >= 11 is 1.76. The van der Waals surface area contributed by atoms with Crippen LogP contribution in [0.2, 0.25) is 0 Å². The Labute approximate surface area is 202 Å². The fourth-order valence-electron chi connectivity index (χ4n) is 5.01. The van der Waals surface area contributed by atoms with Gasteiger partial charge in [-0.25, -0.2) is 4.79 Å². The van der Waals surface area contributed by atoms with Gasteiger partial charge in [-0.1, -0.05) is 17.3 Å². The van der Waals surface area contributed by atoms with Crippen LogP contribution in [0.1, 0.15) is 68.0 Å². The number of rotatable bonds is 9. The molecule has 1 aliphatic carbocycles. The van der Waals surface area contributed by atoms with E-state index < -0.39 is 23.5 Å². The van der Waals surface area contributed by atoms with E-state index in [4.69, 9.17) is 0 Å². The zero-order chi connectivity index (χ0) is 24.6. The minimum Gasteiger partial charge on any atom is -0.481 e. The Kier molecular flexibility index (Phi) is 6.75. The Morgan fingerprint density at radius 1 is 1.24 bits per heavy atom. The maximum Gasteiger partial charge on any atom is 0.327 e. The van der Waals surface area contributed by atoms with Gasteiger partial charge in [0.25, 0.3) is 5.91 Å². The largest absolute Gasteiger partial charge is 0.481 e. The summed E-state index contributed by atoms with van der Waals surface area (Å²) in [5, 5.41) is 14.3. The quantitative estimate of drug-likeness (QED) is 0.391.